The highest BCUT2D eigenvalue weighted by Crippen LogP contribution is 2.17. The summed E-state index contributed by atoms with van der Waals surface area (Å²) >= 11 is 0. The number of nitrogens with zero attached hydrogens (tertiary/aromatic N) is 1. The number of amides is 1. The quantitative estimate of drug-likeness (QED) is 0.635. The van der Waals surface area contributed by atoms with Gasteiger partial charge in [0.1, 0.15) is 11.3 Å². The van der Waals surface area contributed by atoms with Gasteiger partial charge in [-0.3, -0.25) is 14.4 Å². The van der Waals surface area contributed by atoms with E-state index in [0.717, 1.165) is 24.1 Å². The summed E-state index contributed by atoms with van der Waals surface area (Å²) in [7, 11) is 0. The number of benzene rings is 1. The molecule has 26 heavy (non-hydrogen) atoms. The van der Waals surface area contributed by atoms with Crippen molar-refractivity contribution in [2.45, 2.75) is 47.1 Å². The van der Waals surface area contributed by atoms with E-state index in [4.69, 9.17) is 4.74 Å². The van der Waals surface area contributed by atoms with E-state index < -0.39 is 11.9 Å². The van der Waals surface area contributed by atoms with Crippen LogP contribution in [0.3, 0.4) is 0 Å². The summed E-state index contributed by atoms with van der Waals surface area (Å²) < 4.78 is 6.62. The molecule has 0 fully saturated rings. The Labute approximate surface area is 152 Å². The van der Waals surface area contributed by atoms with Gasteiger partial charge in [0.15, 0.2) is 0 Å². The molecule has 0 unspecified atom stereocenters. The van der Waals surface area contributed by atoms with E-state index in [-0.39, 0.29) is 11.1 Å². The van der Waals surface area contributed by atoms with Crippen molar-refractivity contribution in [3.8, 4) is 5.75 Å². The SMILES string of the molecule is CCCCn1c(C)c(C)cc(C(=O)Nc2ccc(OC(C)=O)cc2)c1=O. The Kier molecular flexibility index (Phi) is 6.33. The fourth-order valence-electron chi connectivity index (χ4n) is 2.61. The summed E-state index contributed by atoms with van der Waals surface area (Å²) in [6, 6.07) is 8.02. The lowest BCUT2D eigenvalue weighted by molar-refractivity contribution is -0.131. The van der Waals surface area contributed by atoms with Gasteiger partial charge in [-0.15, -0.1) is 0 Å². The number of carbonyl (C=O) groups excluding carboxylic acids is 2. The van der Waals surface area contributed by atoms with Crippen LogP contribution in [0.1, 0.15) is 48.3 Å². The first-order chi connectivity index (χ1) is 12.3. The highest BCUT2D eigenvalue weighted by Gasteiger charge is 2.16. The standard InChI is InChI=1S/C20H24N2O4/c1-5-6-11-22-14(3)13(2)12-18(20(22)25)19(24)21-16-7-9-17(10-8-16)26-15(4)23/h7-10,12H,5-6,11H2,1-4H3,(H,21,24). The van der Waals surface area contributed by atoms with Crippen LogP contribution in [0.15, 0.2) is 35.1 Å². The number of anilines is 1. The first-order valence-electron chi connectivity index (χ1n) is 8.64. The van der Waals surface area contributed by atoms with Crippen molar-refractivity contribution in [1.82, 2.24) is 4.57 Å². The molecule has 0 bridgehead atoms. The number of unbranched alkanes of at least 4 members (excludes halogenated alkanes) is 1. The van der Waals surface area contributed by atoms with Crippen LogP contribution in [0.25, 0.3) is 0 Å². The van der Waals surface area contributed by atoms with Gasteiger partial charge in [-0.1, -0.05) is 13.3 Å². The van der Waals surface area contributed by atoms with Crippen molar-refractivity contribution in [1.29, 1.82) is 0 Å². The zero-order chi connectivity index (χ0) is 19.3. The zero-order valence-electron chi connectivity index (χ0n) is 15.6. The number of rotatable bonds is 6. The third-order valence-electron chi connectivity index (χ3n) is 4.17. The average molecular weight is 356 g/mol. The number of ether oxygens (including phenoxy) is 1. The minimum atomic E-state index is -0.455. The number of esters is 1. The zero-order valence-corrected chi connectivity index (χ0v) is 15.6. The summed E-state index contributed by atoms with van der Waals surface area (Å²) in [4.78, 5) is 36.2. The summed E-state index contributed by atoms with van der Waals surface area (Å²) in [6.07, 6.45) is 1.85. The predicted molar refractivity (Wildman–Crippen MR) is 101 cm³/mol. The molecule has 0 aliphatic carbocycles. The second kappa shape index (κ2) is 8.47. The van der Waals surface area contributed by atoms with Gasteiger partial charge in [-0.2, -0.15) is 0 Å². The molecule has 6 nitrogen and oxygen atoms in total. The molecule has 2 aromatic rings. The van der Waals surface area contributed by atoms with Crippen molar-refractivity contribution in [2.24, 2.45) is 0 Å². The molecule has 0 atom stereocenters. The van der Waals surface area contributed by atoms with Crippen molar-refractivity contribution < 1.29 is 14.3 Å². The normalized spacial score (nSPS) is 10.5. The number of hydrogen-bond donors (Lipinski definition) is 1. The lowest BCUT2D eigenvalue weighted by Gasteiger charge is -2.14. The number of aryl methyl sites for hydroxylation is 1. The van der Waals surface area contributed by atoms with Gasteiger partial charge in [0, 0.05) is 24.8 Å². The molecule has 6 heteroatoms. The molecule has 1 heterocycles. The average Bonchev–Trinajstić information content (AvgIpc) is 2.59. The predicted octanol–water partition coefficient (Wildman–Crippen LogP) is 3.44. The highest BCUT2D eigenvalue weighted by atomic mass is 16.5. The van der Waals surface area contributed by atoms with Crippen LogP contribution in [0.4, 0.5) is 5.69 Å². The smallest absolute Gasteiger partial charge is 0.308 e. The summed E-state index contributed by atoms with van der Waals surface area (Å²) in [6.45, 7) is 7.76. The molecular weight excluding hydrogens is 332 g/mol. The monoisotopic (exact) mass is 356 g/mol. The number of hydrogen-bond acceptors (Lipinski definition) is 4. The molecule has 0 saturated carbocycles. The lowest BCUT2D eigenvalue weighted by Crippen LogP contribution is -2.31. The van der Waals surface area contributed by atoms with Crippen molar-refractivity contribution in [3.05, 3.63) is 57.5 Å². The fraction of sp³-hybridized carbons (Fsp3) is 0.350. The van der Waals surface area contributed by atoms with E-state index in [9.17, 15) is 14.4 Å². The molecule has 1 aromatic heterocycles. The fourth-order valence-corrected chi connectivity index (χ4v) is 2.61. The first kappa shape index (κ1) is 19.4. The van der Waals surface area contributed by atoms with Crippen LogP contribution in [-0.4, -0.2) is 16.4 Å². The molecule has 0 spiro atoms. The number of carbonyl (C=O) groups is 2. The number of nitrogens with one attached hydrogen (secondary N) is 1. The Bertz CT molecular complexity index is 867. The molecule has 0 radical (unpaired) electrons. The van der Waals surface area contributed by atoms with Crippen LogP contribution in [0.5, 0.6) is 5.75 Å². The second-order valence-corrected chi connectivity index (χ2v) is 6.21. The first-order valence-corrected chi connectivity index (χ1v) is 8.64. The van der Waals surface area contributed by atoms with Gasteiger partial charge in [-0.05, 0) is 56.2 Å². The van der Waals surface area contributed by atoms with Crippen LogP contribution in [0.2, 0.25) is 0 Å². The number of aromatic nitrogens is 1. The Hall–Kier alpha value is -2.89. The third-order valence-corrected chi connectivity index (χ3v) is 4.17. The Morgan fingerprint density at radius 2 is 1.81 bits per heavy atom. The molecule has 1 N–H and O–H groups in total. The molecule has 0 aliphatic rings. The van der Waals surface area contributed by atoms with E-state index >= 15 is 0 Å². The van der Waals surface area contributed by atoms with E-state index in [0.29, 0.717) is 18.0 Å². The van der Waals surface area contributed by atoms with Crippen LogP contribution < -0.4 is 15.6 Å². The largest absolute Gasteiger partial charge is 0.427 e. The maximum absolute atomic E-state index is 12.7. The molecule has 138 valence electrons. The highest BCUT2D eigenvalue weighted by molar-refractivity contribution is 6.04. The van der Waals surface area contributed by atoms with E-state index in [1.165, 1.54) is 6.92 Å². The van der Waals surface area contributed by atoms with Gasteiger partial charge < -0.3 is 14.6 Å². The van der Waals surface area contributed by atoms with Gasteiger partial charge in [0.25, 0.3) is 11.5 Å². The van der Waals surface area contributed by atoms with E-state index in [2.05, 4.69) is 12.2 Å². The molecule has 1 aromatic carbocycles. The molecule has 0 aliphatic heterocycles. The van der Waals surface area contributed by atoms with E-state index in [1.54, 1.807) is 34.9 Å². The third kappa shape index (κ3) is 4.59. The lowest BCUT2D eigenvalue weighted by atomic mass is 10.1. The molecule has 0 saturated heterocycles. The summed E-state index contributed by atoms with van der Waals surface area (Å²) in [5, 5.41) is 2.72. The maximum Gasteiger partial charge on any atom is 0.308 e. The number of pyridine rings is 1. The molecular formula is C20H24N2O4. The van der Waals surface area contributed by atoms with Crippen molar-refractivity contribution >= 4 is 17.6 Å². The second-order valence-electron chi connectivity index (χ2n) is 6.21. The minimum absolute atomic E-state index is 0.119. The Morgan fingerprint density at radius 1 is 1.15 bits per heavy atom. The molecule has 1 amide bonds. The van der Waals surface area contributed by atoms with Gasteiger partial charge in [0.2, 0.25) is 0 Å². The molecule has 2 rings (SSSR count). The van der Waals surface area contributed by atoms with Gasteiger partial charge in [0.05, 0.1) is 0 Å². The van der Waals surface area contributed by atoms with Crippen LogP contribution in [0, 0.1) is 13.8 Å². The minimum Gasteiger partial charge on any atom is -0.427 e. The van der Waals surface area contributed by atoms with Crippen molar-refractivity contribution in [2.75, 3.05) is 5.32 Å². The van der Waals surface area contributed by atoms with Crippen LogP contribution >= 0.6 is 0 Å². The van der Waals surface area contributed by atoms with Gasteiger partial charge in [-0.25, -0.2) is 0 Å². The summed E-state index contributed by atoms with van der Waals surface area (Å²) in [5.74, 6) is -0.475. The Balaban J connectivity index is 2.25. The maximum atomic E-state index is 12.7. The topological polar surface area (TPSA) is 77.4 Å². The van der Waals surface area contributed by atoms with E-state index in [1.807, 2.05) is 13.8 Å². The Morgan fingerprint density at radius 3 is 2.38 bits per heavy atom. The van der Waals surface area contributed by atoms with Crippen LogP contribution in [-0.2, 0) is 11.3 Å². The van der Waals surface area contributed by atoms with Crippen molar-refractivity contribution in [3.63, 3.8) is 0 Å². The summed E-state index contributed by atoms with van der Waals surface area (Å²) in [5.41, 5.74) is 2.13. The van der Waals surface area contributed by atoms with Gasteiger partial charge >= 0.3 is 5.97 Å².